The zero-order valence-corrected chi connectivity index (χ0v) is 24.1. The minimum absolute atomic E-state index is 0.291. The van der Waals surface area contributed by atoms with Gasteiger partial charge in [0.15, 0.2) is 0 Å². The van der Waals surface area contributed by atoms with Crippen LogP contribution in [0.3, 0.4) is 0 Å². The standard InChI is InChI=1S/C38H52/c1-3-15-29(16-4-1)37(30-17-5-2-6-18-30)34-24-12-23-33(27-25-26-27)35(34)36(28-13-11-14-28)38(37,31-19-7-8-20-31)32-21-9-10-22-32/h12,15,19,23-24,27-28,30,32,36H,1-11,13-14,16-18,20-22,25-26H2. The molecule has 0 radical (unpaired) electrons. The number of hydrogen-bond donors (Lipinski definition) is 0. The third-order valence-electron chi connectivity index (χ3n) is 13.2. The van der Waals surface area contributed by atoms with Crippen LogP contribution in [0.1, 0.15) is 163 Å². The smallest absolute Gasteiger partial charge is 0.0294 e. The zero-order valence-electron chi connectivity index (χ0n) is 24.1. The van der Waals surface area contributed by atoms with Crippen LogP contribution in [-0.2, 0) is 5.41 Å². The summed E-state index contributed by atoms with van der Waals surface area (Å²) in [6.45, 7) is 0. The molecule has 0 aromatic heterocycles. The Bertz CT molecular complexity index is 1100. The molecule has 0 nitrogen and oxygen atoms in total. The molecule has 1 aromatic rings. The molecule has 8 rings (SSSR count). The van der Waals surface area contributed by atoms with Crippen LogP contribution in [0.25, 0.3) is 0 Å². The van der Waals surface area contributed by atoms with Gasteiger partial charge in [0, 0.05) is 10.8 Å². The van der Waals surface area contributed by atoms with Crippen molar-refractivity contribution in [2.45, 2.75) is 152 Å². The Morgan fingerprint density at radius 1 is 0.579 bits per heavy atom. The van der Waals surface area contributed by atoms with Gasteiger partial charge in [-0.1, -0.05) is 80.0 Å². The van der Waals surface area contributed by atoms with E-state index in [1.165, 1.54) is 135 Å². The molecular weight excluding hydrogens is 456 g/mol. The van der Waals surface area contributed by atoms with Gasteiger partial charge in [0.1, 0.15) is 0 Å². The maximum Gasteiger partial charge on any atom is 0.0294 e. The molecule has 0 aliphatic heterocycles. The van der Waals surface area contributed by atoms with Crippen LogP contribution in [0.2, 0.25) is 0 Å². The zero-order chi connectivity index (χ0) is 25.2. The van der Waals surface area contributed by atoms with Crippen molar-refractivity contribution >= 4 is 0 Å². The van der Waals surface area contributed by atoms with Crippen LogP contribution in [-0.4, -0.2) is 0 Å². The van der Waals surface area contributed by atoms with Gasteiger partial charge < -0.3 is 0 Å². The van der Waals surface area contributed by atoms with Crippen LogP contribution in [0, 0.1) is 23.2 Å². The predicted octanol–water partition coefficient (Wildman–Crippen LogP) is 11.1. The Balaban J connectivity index is 1.50. The van der Waals surface area contributed by atoms with E-state index in [-0.39, 0.29) is 0 Å². The monoisotopic (exact) mass is 508 g/mol. The van der Waals surface area contributed by atoms with Gasteiger partial charge in [0.05, 0.1) is 0 Å². The molecule has 4 fully saturated rings. The van der Waals surface area contributed by atoms with Crippen molar-refractivity contribution in [3.8, 4) is 0 Å². The van der Waals surface area contributed by atoms with Gasteiger partial charge in [0.25, 0.3) is 0 Å². The average Bonchev–Trinajstić information content (AvgIpc) is 3.30. The molecule has 3 atom stereocenters. The second-order valence-electron chi connectivity index (χ2n) is 14.8. The molecule has 3 unspecified atom stereocenters. The number of rotatable bonds is 6. The van der Waals surface area contributed by atoms with Crippen molar-refractivity contribution < 1.29 is 0 Å². The summed E-state index contributed by atoms with van der Waals surface area (Å²) in [4.78, 5) is 0. The Morgan fingerprint density at radius 3 is 1.95 bits per heavy atom. The average molecular weight is 509 g/mol. The van der Waals surface area contributed by atoms with Crippen molar-refractivity contribution in [1.29, 1.82) is 0 Å². The Labute approximate surface area is 233 Å². The van der Waals surface area contributed by atoms with Gasteiger partial charge in [0.2, 0.25) is 0 Å². The predicted molar refractivity (Wildman–Crippen MR) is 160 cm³/mol. The summed E-state index contributed by atoms with van der Waals surface area (Å²) >= 11 is 0. The number of allylic oxidation sites excluding steroid dienone is 4. The van der Waals surface area contributed by atoms with Crippen molar-refractivity contribution in [3.63, 3.8) is 0 Å². The summed E-state index contributed by atoms with van der Waals surface area (Å²) in [5, 5.41) is 0. The van der Waals surface area contributed by atoms with Gasteiger partial charge in [-0.2, -0.15) is 0 Å². The summed E-state index contributed by atoms with van der Waals surface area (Å²) in [6.07, 6.45) is 36.3. The highest BCUT2D eigenvalue weighted by Gasteiger charge is 2.71. The Morgan fingerprint density at radius 2 is 1.29 bits per heavy atom. The van der Waals surface area contributed by atoms with Gasteiger partial charge >= 0.3 is 0 Å². The second kappa shape index (κ2) is 9.66. The van der Waals surface area contributed by atoms with E-state index in [1.807, 2.05) is 27.8 Å². The molecule has 0 heterocycles. The molecule has 0 bridgehead atoms. The molecule has 38 heavy (non-hydrogen) atoms. The van der Waals surface area contributed by atoms with Gasteiger partial charge in [-0.15, -0.1) is 0 Å². The summed E-state index contributed by atoms with van der Waals surface area (Å²) in [6, 6.07) is 7.94. The van der Waals surface area contributed by atoms with E-state index in [0.29, 0.717) is 10.8 Å². The molecule has 0 amide bonds. The molecule has 204 valence electrons. The minimum atomic E-state index is 0.291. The van der Waals surface area contributed by atoms with E-state index in [4.69, 9.17) is 0 Å². The van der Waals surface area contributed by atoms with Crippen molar-refractivity contribution in [2.24, 2.45) is 23.2 Å². The Hall–Kier alpha value is -1.30. The quantitative estimate of drug-likeness (QED) is 0.335. The normalized spacial score (nSPS) is 36.7. The van der Waals surface area contributed by atoms with Crippen LogP contribution in [0.5, 0.6) is 0 Å². The highest BCUT2D eigenvalue weighted by Crippen LogP contribution is 2.78. The highest BCUT2D eigenvalue weighted by atomic mass is 14.7. The van der Waals surface area contributed by atoms with E-state index in [0.717, 1.165) is 29.6 Å². The lowest BCUT2D eigenvalue weighted by molar-refractivity contribution is -0.000683. The largest absolute Gasteiger partial charge is 0.0847 e. The minimum Gasteiger partial charge on any atom is -0.0847 e. The highest BCUT2D eigenvalue weighted by molar-refractivity contribution is 5.63. The molecule has 0 saturated heterocycles. The lowest BCUT2D eigenvalue weighted by Gasteiger charge is -2.61. The first-order chi connectivity index (χ1) is 18.9. The van der Waals surface area contributed by atoms with Crippen LogP contribution in [0.15, 0.2) is 41.5 Å². The van der Waals surface area contributed by atoms with Gasteiger partial charge in [-0.05, 0) is 143 Å². The molecular formula is C38H52. The molecule has 0 spiro atoms. The number of fused-ring (bicyclic) bond motifs is 1. The first kappa shape index (κ1) is 24.5. The van der Waals surface area contributed by atoms with E-state index >= 15 is 0 Å². The van der Waals surface area contributed by atoms with Crippen LogP contribution in [0.4, 0.5) is 0 Å². The fourth-order valence-electron chi connectivity index (χ4n) is 11.8. The molecule has 0 N–H and O–H groups in total. The van der Waals surface area contributed by atoms with Crippen LogP contribution >= 0.6 is 0 Å². The lowest BCUT2D eigenvalue weighted by atomic mass is 9.41. The lowest BCUT2D eigenvalue weighted by Crippen LogP contribution is -2.57. The first-order valence-electron chi connectivity index (χ1n) is 17.4. The fraction of sp³-hybridized carbons (Fsp3) is 0.737. The summed E-state index contributed by atoms with van der Waals surface area (Å²) in [5.41, 5.74) is 10.4. The van der Waals surface area contributed by atoms with E-state index in [2.05, 4.69) is 30.4 Å². The molecule has 0 heteroatoms. The van der Waals surface area contributed by atoms with Crippen LogP contribution < -0.4 is 0 Å². The third kappa shape index (κ3) is 3.34. The number of benzene rings is 1. The topological polar surface area (TPSA) is 0 Å². The molecule has 4 saturated carbocycles. The van der Waals surface area contributed by atoms with Crippen molar-refractivity contribution in [2.75, 3.05) is 0 Å². The van der Waals surface area contributed by atoms with E-state index < -0.39 is 0 Å². The van der Waals surface area contributed by atoms with Gasteiger partial charge in [-0.3, -0.25) is 0 Å². The summed E-state index contributed by atoms with van der Waals surface area (Å²) < 4.78 is 0. The van der Waals surface area contributed by atoms with Gasteiger partial charge in [-0.25, -0.2) is 0 Å². The fourth-order valence-corrected chi connectivity index (χ4v) is 11.8. The molecule has 7 aliphatic rings. The molecule has 7 aliphatic carbocycles. The van der Waals surface area contributed by atoms with Crippen molar-refractivity contribution in [1.82, 2.24) is 0 Å². The Kier molecular flexibility index (Phi) is 6.23. The molecule has 1 aromatic carbocycles. The number of hydrogen-bond acceptors (Lipinski definition) is 0. The maximum absolute atomic E-state index is 2.87. The third-order valence-corrected chi connectivity index (χ3v) is 13.2. The van der Waals surface area contributed by atoms with Crippen molar-refractivity contribution in [3.05, 3.63) is 58.2 Å². The van der Waals surface area contributed by atoms with E-state index in [1.54, 1.807) is 0 Å². The second-order valence-corrected chi connectivity index (χ2v) is 14.8. The summed E-state index contributed by atoms with van der Waals surface area (Å²) in [7, 11) is 0. The SMILES string of the molecule is C1=C(C2(C3CCCCC3)c3cccc(C4CC4)c3C(C3CCC3)C2(C2=CCCC2)C2CCCC2)CCCC1. The maximum atomic E-state index is 2.87. The van der Waals surface area contributed by atoms with E-state index in [9.17, 15) is 0 Å². The summed E-state index contributed by atoms with van der Waals surface area (Å²) in [5.74, 6) is 4.38. The first-order valence-corrected chi connectivity index (χ1v) is 17.4.